The van der Waals surface area contributed by atoms with Crippen LogP contribution < -0.4 is 4.72 Å². The number of carboxylic acids is 1. The Kier molecular flexibility index (Phi) is 5.30. The van der Waals surface area contributed by atoms with Gasteiger partial charge in [-0.25, -0.2) is 0 Å². The summed E-state index contributed by atoms with van der Waals surface area (Å²) in [5.41, 5.74) is 0. The van der Waals surface area contributed by atoms with E-state index in [1.54, 1.807) is 13.0 Å². The number of piperidine rings is 1. The van der Waals surface area contributed by atoms with Gasteiger partial charge in [-0.2, -0.15) is 17.4 Å². The molecule has 2 unspecified atom stereocenters. The summed E-state index contributed by atoms with van der Waals surface area (Å²) in [6, 6.07) is -1.24. The molecule has 0 aromatic carbocycles. The fourth-order valence-corrected chi connectivity index (χ4v) is 3.70. The standard InChI is InChI=1S/C11H20N2O4S/c1-3-6-9(2)12-18(16,17)13-8-5-4-7-10(13)11(14)15/h3,9-10,12H,1,4-8H2,2H3,(H,14,15). The lowest BCUT2D eigenvalue weighted by atomic mass is 10.1. The van der Waals surface area contributed by atoms with Gasteiger partial charge in [0.15, 0.2) is 0 Å². The number of rotatable bonds is 6. The molecule has 1 rings (SSSR count). The third kappa shape index (κ3) is 3.79. The van der Waals surface area contributed by atoms with Crippen LogP contribution in [-0.4, -0.2) is 42.4 Å². The summed E-state index contributed by atoms with van der Waals surface area (Å²) in [6.45, 7) is 5.52. The lowest BCUT2D eigenvalue weighted by Crippen LogP contribution is -2.53. The van der Waals surface area contributed by atoms with Crippen molar-refractivity contribution in [1.82, 2.24) is 9.03 Å². The van der Waals surface area contributed by atoms with Gasteiger partial charge in [0, 0.05) is 12.6 Å². The minimum atomic E-state index is -3.74. The Morgan fingerprint density at radius 2 is 2.28 bits per heavy atom. The average molecular weight is 276 g/mol. The SMILES string of the molecule is C=CCC(C)NS(=O)(=O)N1CCCCC1C(=O)O. The van der Waals surface area contributed by atoms with E-state index in [9.17, 15) is 13.2 Å². The normalized spacial score (nSPS) is 23.5. The molecule has 1 fully saturated rings. The van der Waals surface area contributed by atoms with E-state index in [0.29, 0.717) is 19.3 Å². The maximum atomic E-state index is 12.1. The Hall–Kier alpha value is -0.920. The third-order valence-electron chi connectivity index (χ3n) is 2.92. The van der Waals surface area contributed by atoms with Gasteiger partial charge in [-0.1, -0.05) is 6.08 Å². The van der Waals surface area contributed by atoms with E-state index in [0.717, 1.165) is 10.7 Å². The molecule has 104 valence electrons. The summed E-state index contributed by atoms with van der Waals surface area (Å²) in [5, 5.41) is 9.06. The first kappa shape index (κ1) is 15.1. The molecule has 0 bridgehead atoms. The van der Waals surface area contributed by atoms with Gasteiger partial charge < -0.3 is 5.11 Å². The zero-order valence-electron chi connectivity index (χ0n) is 10.5. The van der Waals surface area contributed by atoms with Crippen LogP contribution in [0.3, 0.4) is 0 Å². The molecule has 1 heterocycles. The molecule has 0 amide bonds. The molecule has 0 aromatic heterocycles. The Labute approximate surface area is 108 Å². The van der Waals surface area contributed by atoms with Crippen LogP contribution in [0.25, 0.3) is 0 Å². The third-order valence-corrected chi connectivity index (χ3v) is 4.67. The van der Waals surface area contributed by atoms with E-state index in [2.05, 4.69) is 11.3 Å². The first-order valence-corrected chi connectivity index (χ1v) is 7.45. The van der Waals surface area contributed by atoms with Crippen LogP contribution in [0.4, 0.5) is 0 Å². The number of nitrogens with one attached hydrogen (secondary N) is 1. The number of aliphatic carboxylic acids is 1. The predicted molar refractivity (Wildman–Crippen MR) is 68.3 cm³/mol. The van der Waals surface area contributed by atoms with Gasteiger partial charge in [0.1, 0.15) is 6.04 Å². The van der Waals surface area contributed by atoms with Gasteiger partial charge in [0.2, 0.25) is 0 Å². The molecule has 0 spiro atoms. The van der Waals surface area contributed by atoms with Crippen LogP contribution in [0, 0.1) is 0 Å². The molecule has 0 aromatic rings. The van der Waals surface area contributed by atoms with E-state index < -0.39 is 22.2 Å². The Bertz CT molecular complexity index is 407. The summed E-state index contributed by atoms with van der Waals surface area (Å²) in [7, 11) is -3.74. The van der Waals surface area contributed by atoms with Crippen molar-refractivity contribution in [2.24, 2.45) is 0 Å². The van der Waals surface area contributed by atoms with Crippen LogP contribution in [0.2, 0.25) is 0 Å². The van der Waals surface area contributed by atoms with Gasteiger partial charge in [0.05, 0.1) is 0 Å². The molecular weight excluding hydrogens is 256 g/mol. The topological polar surface area (TPSA) is 86.7 Å². The van der Waals surface area contributed by atoms with Crippen molar-refractivity contribution < 1.29 is 18.3 Å². The van der Waals surface area contributed by atoms with Crippen molar-refractivity contribution in [3.8, 4) is 0 Å². The maximum absolute atomic E-state index is 12.1. The molecule has 0 saturated carbocycles. The van der Waals surface area contributed by atoms with Gasteiger partial charge >= 0.3 is 5.97 Å². The molecule has 0 aliphatic carbocycles. The Morgan fingerprint density at radius 3 is 2.83 bits per heavy atom. The molecule has 1 aliphatic heterocycles. The number of carboxylic acid groups (broad SMARTS) is 1. The van der Waals surface area contributed by atoms with Gasteiger partial charge in [-0.3, -0.25) is 4.79 Å². The second-order valence-corrected chi connectivity index (χ2v) is 6.16. The highest BCUT2D eigenvalue weighted by Crippen LogP contribution is 2.20. The van der Waals surface area contributed by atoms with E-state index in [1.807, 2.05) is 0 Å². The summed E-state index contributed by atoms with van der Waals surface area (Å²) in [4.78, 5) is 11.1. The molecule has 2 N–H and O–H groups in total. The van der Waals surface area contributed by atoms with Crippen LogP contribution >= 0.6 is 0 Å². The minimum Gasteiger partial charge on any atom is -0.480 e. The summed E-state index contributed by atoms with van der Waals surface area (Å²) in [5.74, 6) is -1.09. The molecule has 6 nitrogen and oxygen atoms in total. The quantitative estimate of drug-likeness (QED) is 0.700. The fraction of sp³-hybridized carbons (Fsp3) is 0.727. The van der Waals surface area contributed by atoms with Crippen LogP contribution in [0.1, 0.15) is 32.6 Å². The van der Waals surface area contributed by atoms with Crippen molar-refractivity contribution in [3.63, 3.8) is 0 Å². The van der Waals surface area contributed by atoms with E-state index in [1.165, 1.54) is 0 Å². The lowest BCUT2D eigenvalue weighted by Gasteiger charge is -2.32. The number of carbonyl (C=O) groups is 1. The van der Waals surface area contributed by atoms with E-state index in [-0.39, 0.29) is 12.6 Å². The molecule has 7 heteroatoms. The maximum Gasteiger partial charge on any atom is 0.322 e. The number of nitrogens with zero attached hydrogens (tertiary/aromatic N) is 1. The molecule has 18 heavy (non-hydrogen) atoms. The van der Waals surface area contributed by atoms with Crippen molar-refractivity contribution in [2.45, 2.75) is 44.7 Å². The van der Waals surface area contributed by atoms with Crippen LogP contribution in [-0.2, 0) is 15.0 Å². The van der Waals surface area contributed by atoms with Crippen molar-refractivity contribution in [2.75, 3.05) is 6.54 Å². The van der Waals surface area contributed by atoms with Crippen molar-refractivity contribution >= 4 is 16.2 Å². The lowest BCUT2D eigenvalue weighted by molar-refractivity contribution is -0.142. The van der Waals surface area contributed by atoms with Crippen molar-refractivity contribution in [3.05, 3.63) is 12.7 Å². The fourth-order valence-electron chi connectivity index (χ4n) is 2.06. The van der Waals surface area contributed by atoms with Crippen molar-refractivity contribution in [1.29, 1.82) is 0 Å². The molecule has 0 radical (unpaired) electrons. The monoisotopic (exact) mass is 276 g/mol. The number of hydrogen-bond acceptors (Lipinski definition) is 3. The largest absolute Gasteiger partial charge is 0.480 e. The molecular formula is C11H20N2O4S. The Morgan fingerprint density at radius 1 is 1.61 bits per heavy atom. The smallest absolute Gasteiger partial charge is 0.322 e. The average Bonchev–Trinajstić information content (AvgIpc) is 2.28. The first-order valence-electron chi connectivity index (χ1n) is 6.01. The molecule has 2 atom stereocenters. The molecule has 1 aliphatic rings. The summed E-state index contributed by atoms with van der Waals surface area (Å²) >= 11 is 0. The predicted octanol–water partition coefficient (Wildman–Crippen LogP) is 0.724. The Balaban J connectivity index is 2.81. The van der Waals surface area contributed by atoms with E-state index >= 15 is 0 Å². The summed E-state index contributed by atoms with van der Waals surface area (Å²) in [6.07, 6.45) is 3.93. The first-order chi connectivity index (χ1) is 8.38. The van der Waals surface area contributed by atoms with Crippen LogP contribution in [0.5, 0.6) is 0 Å². The van der Waals surface area contributed by atoms with Crippen LogP contribution in [0.15, 0.2) is 12.7 Å². The highest BCUT2D eigenvalue weighted by atomic mass is 32.2. The minimum absolute atomic E-state index is 0.257. The highest BCUT2D eigenvalue weighted by molar-refractivity contribution is 7.87. The zero-order chi connectivity index (χ0) is 13.8. The van der Waals surface area contributed by atoms with Gasteiger partial charge in [-0.15, -0.1) is 6.58 Å². The summed E-state index contributed by atoms with van der Waals surface area (Å²) < 4.78 is 27.7. The van der Waals surface area contributed by atoms with Gasteiger partial charge in [0.25, 0.3) is 10.2 Å². The second-order valence-electron chi connectivity index (χ2n) is 4.51. The highest BCUT2D eigenvalue weighted by Gasteiger charge is 2.36. The van der Waals surface area contributed by atoms with E-state index in [4.69, 9.17) is 5.11 Å². The van der Waals surface area contributed by atoms with Gasteiger partial charge in [-0.05, 0) is 32.6 Å². The zero-order valence-corrected chi connectivity index (χ0v) is 11.3. The number of hydrogen-bond donors (Lipinski definition) is 2. The molecule has 1 saturated heterocycles. The second kappa shape index (κ2) is 6.31.